The summed E-state index contributed by atoms with van der Waals surface area (Å²) in [6, 6.07) is 12.2. The van der Waals surface area contributed by atoms with Gasteiger partial charge in [0, 0.05) is 19.0 Å². The fraction of sp³-hybridized carbons (Fsp3) is 0.348. The van der Waals surface area contributed by atoms with Crippen molar-refractivity contribution < 1.29 is 14.4 Å². The van der Waals surface area contributed by atoms with Crippen LogP contribution in [0.5, 0.6) is 0 Å². The Kier molecular flexibility index (Phi) is 6.49. The average molecular weight is 460 g/mol. The van der Waals surface area contributed by atoms with Gasteiger partial charge in [0.25, 0.3) is 5.91 Å². The Morgan fingerprint density at radius 1 is 1.00 bits per heavy atom. The molecule has 0 spiro atoms. The van der Waals surface area contributed by atoms with Gasteiger partial charge in [-0.15, -0.1) is 0 Å². The minimum Gasteiger partial charge on any atom is -0.349 e. The summed E-state index contributed by atoms with van der Waals surface area (Å²) in [5.41, 5.74) is 1.35. The van der Waals surface area contributed by atoms with Crippen molar-refractivity contribution in [1.29, 1.82) is 0 Å². The number of amides is 3. The number of carbonyl (C=O) groups excluding carboxylic acids is 3. The van der Waals surface area contributed by atoms with E-state index in [2.05, 4.69) is 10.6 Å². The molecule has 0 unspecified atom stereocenters. The highest BCUT2D eigenvalue weighted by Crippen LogP contribution is 2.36. The smallest absolute Gasteiger partial charge is 0.253 e. The number of rotatable bonds is 5. The van der Waals surface area contributed by atoms with E-state index in [1.54, 1.807) is 42.5 Å². The quantitative estimate of drug-likeness (QED) is 0.682. The zero-order valence-electron chi connectivity index (χ0n) is 16.9. The lowest BCUT2D eigenvalue weighted by Crippen LogP contribution is -2.34. The molecule has 1 heterocycles. The van der Waals surface area contributed by atoms with Gasteiger partial charge in [0.15, 0.2) is 0 Å². The van der Waals surface area contributed by atoms with Gasteiger partial charge in [-0.1, -0.05) is 54.2 Å². The second kappa shape index (κ2) is 9.28. The van der Waals surface area contributed by atoms with Crippen LogP contribution in [0.3, 0.4) is 0 Å². The molecule has 1 aliphatic carbocycles. The molecule has 6 nitrogen and oxygen atoms in total. The number of hydrogen-bond acceptors (Lipinski definition) is 3. The maximum Gasteiger partial charge on any atom is 0.253 e. The highest BCUT2D eigenvalue weighted by atomic mass is 35.5. The summed E-state index contributed by atoms with van der Waals surface area (Å²) in [5, 5.41) is 6.52. The van der Waals surface area contributed by atoms with Gasteiger partial charge in [-0.2, -0.15) is 0 Å². The molecule has 0 aromatic heterocycles. The Morgan fingerprint density at radius 2 is 1.74 bits per heavy atom. The van der Waals surface area contributed by atoms with Crippen LogP contribution in [0.4, 0.5) is 11.4 Å². The molecule has 2 aliphatic rings. The molecule has 2 N–H and O–H groups in total. The lowest BCUT2D eigenvalue weighted by Gasteiger charge is -2.19. The zero-order valence-corrected chi connectivity index (χ0v) is 18.4. The summed E-state index contributed by atoms with van der Waals surface area (Å²) >= 11 is 12.3. The van der Waals surface area contributed by atoms with E-state index in [0.717, 1.165) is 25.7 Å². The molecule has 3 amide bonds. The van der Waals surface area contributed by atoms with Gasteiger partial charge < -0.3 is 15.5 Å². The first-order valence-electron chi connectivity index (χ1n) is 10.4. The summed E-state index contributed by atoms with van der Waals surface area (Å²) in [6.45, 7) is 0.196. The lowest BCUT2D eigenvalue weighted by molar-refractivity contribution is -0.122. The topological polar surface area (TPSA) is 78.5 Å². The van der Waals surface area contributed by atoms with Crippen molar-refractivity contribution in [2.75, 3.05) is 16.8 Å². The van der Waals surface area contributed by atoms with Gasteiger partial charge in [0.05, 0.1) is 32.9 Å². The fourth-order valence-electron chi connectivity index (χ4n) is 4.18. The molecular weight excluding hydrogens is 437 g/mol. The summed E-state index contributed by atoms with van der Waals surface area (Å²) < 4.78 is 0. The average Bonchev–Trinajstić information content (AvgIpc) is 3.40. The van der Waals surface area contributed by atoms with E-state index in [1.165, 1.54) is 4.90 Å². The lowest BCUT2D eigenvalue weighted by atomic mass is 10.1. The first-order valence-corrected chi connectivity index (χ1v) is 11.1. The van der Waals surface area contributed by atoms with Crippen LogP contribution in [0.1, 0.15) is 42.5 Å². The number of anilines is 2. The van der Waals surface area contributed by atoms with E-state index < -0.39 is 5.92 Å². The molecule has 4 rings (SSSR count). The van der Waals surface area contributed by atoms with Crippen molar-refractivity contribution in [2.24, 2.45) is 5.92 Å². The number of halogens is 2. The molecule has 1 atom stereocenters. The molecule has 162 valence electrons. The molecule has 0 radical (unpaired) electrons. The molecule has 31 heavy (non-hydrogen) atoms. The minimum atomic E-state index is -0.562. The van der Waals surface area contributed by atoms with Crippen molar-refractivity contribution in [3.63, 3.8) is 0 Å². The van der Waals surface area contributed by atoms with Crippen molar-refractivity contribution in [3.8, 4) is 0 Å². The third kappa shape index (κ3) is 4.70. The number of hydrogen-bond donors (Lipinski definition) is 2. The predicted octanol–water partition coefficient (Wildman–Crippen LogP) is 4.66. The van der Waals surface area contributed by atoms with E-state index in [9.17, 15) is 14.4 Å². The largest absolute Gasteiger partial charge is 0.349 e. The highest BCUT2D eigenvalue weighted by molar-refractivity contribution is 6.44. The van der Waals surface area contributed by atoms with Crippen molar-refractivity contribution in [3.05, 3.63) is 58.1 Å². The molecule has 2 fully saturated rings. The summed E-state index contributed by atoms with van der Waals surface area (Å²) in [6.07, 6.45) is 4.25. The van der Waals surface area contributed by atoms with Gasteiger partial charge in [-0.25, -0.2) is 0 Å². The third-order valence-electron chi connectivity index (χ3n) is 5.84. The Labute approximate surface area is 190 Å². The first-order chi connectivity index (χ1) is 14.9. The first kappa shape index (κ1) is 21.7. The van der Waals surface area contributed by atoms with Crippen LogP contribution in [0, 0.1) is 5.92 Å². The van der Waals surface area contributed by atoms with Crippen LogP contribution >= 0.6 is 23.2 Å². The van der Waals surface area contributed by atoms with E-state index in [0.29, 0.717) is 22.0 Å². The SMILES string of the molecule is O=C(NC1CCCC1)c1ccccc1NC(=O)[C@@H]1CC(=O)N(c2cccc(Cl)c2Cl)C1. The Balaban J connectivity index is 1.46. The van der Waals surface area contributed by atoms with Crippen LogP contribution in [0.15, 0.2) is 42.5 Å². The van der Waals surface area contributed by atoms with Gasteiger partial charge in [-0.3, -0.25) is 14.4 Å². The Morgan fingerprint density at radius 3 is 2.52 bits per heavy atom. The molecule has 1 aliphatic heterocycles. The maximum absolute atomic E-state index is 12.9. The normalized spacial score (nSPS) is 19.0. The van der Waals surface area contributed by atoms with Gasteiger partial charge >= 0.3 is 0 Å². The van der Waals surface area contributed by atoms with Crippen LogP contribution in [-0.2, 0) is 9.59 Å². The Hall–Kier alpha value is -2.57. The highest BCUT2D eigenvalue weighted by Gasteiger charge is 2.36. The molecule has 0 bridgehead atoms. The van der Waals surface area contributed by atoms with Crippen LogP contribution < -0.4 is 15.5 Å². The number of benzene rings is 2. The summed E-state index contributed by atoms with van der Waals surface area (Å²) in [5.74, 6) is -1.27. The van der Waals surface area contributed by atoms with Gasteiger partial charge in [-0.05, 0) is 37.1 Å². The predicted molar refractivity (Wildman–Crippen MR) is 122 cm³/mol. The number of nitrogens with one attached hydrogen (secondary N) is 2. The number of nitrogens with zero attached hydrogens (tertiary/aromatic N) is 1. The minimum absolute atomic E-state index is 0.0606. The monoisotopic (exact) mass is 459 g/mol. The van der Waals surface area contributed by atoms with E-state index in [1.807, 2.05) is 0 Å². The molecule has 2 aromatic carbocycles. The van der Waals surface area contributed by atoms with Crippen LogP contribution in [-0.4, -0.2) is 30.3 Å². The second-order valence-corrected chi connectivity index (χ2v) is 8.75. The maximum atomic E-state index is 12.9. The summed E-state index contributed by atoms with van der Waals surface area (Å²) in [4.78, 5) is 39.7. The second-order valence-electron chi connectivity index (χ2n) is 7.97. The third-order valence-corrected chi connectivity index (χ3v) is 6.65. The summed E-state index contributed by atoms with van der Waals surface area (Å²) in [7, 11) is 0. The molecule has 8 heteroatoms. The van der Waals surface area contributed by atoms with E-state index in [-0.39, 0.29) is 41.8 Å². The molecular formula is C23H23Cl2N3O3. The van der Waals surface area contributed by atoms with Crippen LogP contribution in [0.25, 0.3) is 0 Å². The van der Waals surface area contributed by atoms with E-state index in [4.69, 9.17) is 23.2 Å². The van der Waals surface area contributed by atoms with Crippen molar-refractivity contribution in [1.82, 2.24) is 5.32 Å². The zero-order chi connectivity index (χ0) is 22.0. The Bertz CT molecular complexity index is 1020. The number of para-hydroxylation sites is 1. The molecule has 2 aromatic rings. The fourth-order valence-corrected chi connectivity index (χ4v) is 4.57. The van der Waals surface area contributed by atoms with Crippen molar-refractivity contribution >= 4 is 52.3 Å². The number of carbonyl (C=O) groups is 3. The van der Waals surface area contributed by atoms with E-state index >= 15 is 0 Å². The van der Waals surface area contributed by atoms with Gasteiger partial charge in [0.2, 0.25) is 11.8 Å². The molecule has 1 saturated carbocycles. The van der Waals surface area contributed by atoms with Crippen molar-refractivity contribution in [2.45, 2.75) is 38.1 Å². The standard InChI is InChI=1S/C23H23Cl2N3O3/c24-17-9-5-11-19(21(17)25)28-13-14(12-20(28)29)22(30)27-18-10-4-3-8-16(18)23(31)26-15-6-1-2-7-15/h3-5,8-11,14-15H,1-2,6-7,12-13H2,(H,26,31)(H,27,30)/t14-/m1/s1. The molecule has 1 saturated heterocycles. The van der Waals surface area contributed by atoms with Crippen LogP contribution in [0.2, 0.25) is 10.0 Å². The van der Waals surface area contributed by atoms with Gasteiger partial charge in [0.1, 0.15) is 0 Å².